The summed E-state index contributed by atoms with van der Waals surface area (Å²) in [4.78, 5) is 27.2. The first-order valence-corrected chi connectivity index (χ1v) is 13.7. The van der Waals surface area contributed by atoms with Crippen LogP contribution >= 0.6 is 23.2 Å². The molecular weight excluding hydrogens is 513 g/mol. The van der Waals surface area contributed by atoms with Crippen LogP contribution in [0.2, 0.25) is 10.0 Å². The number of rotatable bonds is 12. The van der Waals surface area contributed by atoms with Gasteiger partial charge in [-0.25, -0.2) is 8.42 Å². The monoisotopic (exact) mass is 543 g/mol. The molecule has 0 fully saturated rings. The van der Waals surface area contributed by atoms with Gasteiger partial charge in [0.15, 0.2) is 0 Å². The quantitative estimate of drug-likeness (QED) is 0.434. The number of sulfonamides is 1. The third kappa shape index (κ3) is 8.02. The minimum atomic E-state index is -3.64. The molecule has 0 spiro atoms. The summed E-state index contributed by atoms with van der Waals surface area (Å²) in [5.74, 6) is -0.142. The number of halogens is 2. The zero-order valence-corrected chi connectivity index (χ0v) is 22.6. The molecule has 0 unspecified atom stereocenters. The summed E-state index contributed by atoms with van der Waals surface area (Å²) in [6, 6.07) is 11.1. The summed E-state index contributed by atoms with van der Waals surface area (Å²) in [5, 5.41) is 3.50. The van der Waals surface area contributed by atoms with E-state index in [1.54, 1.807) is 44.2 Å². The fraction of sp³-hybridized carbons (Fsp3) is 0.417. The van der Waals surface area contributed by atoms with Crippen molar-refractivity contribution in [1.29, 1.82) is 0 Å². The minimum absolute atomic E-state index is 0.0318. The Morgan fingerprint density at radius 2 is 1.80 bits per heavy atom. The van der Waals surface area contributed by atoms with Crippen LogP contribution in [0.15, 0.2) is 42.5 Å². The Morgan fingerprint density at radius 3 is 2.37 bits per heavy atom. The second-order valence-electron chi connectivity index (χ2n) is 7.94. The van der Waals surface area contributed by atoms with Crippen molar-refractivity contribution in [2.24, 2.45) is 0 Å². The molecule has 35 heavy (non-hydrogen) atoms. The second-order valence-corrected chi connectivity index (χ2v) is 10.7. The van der Waals surface area contributed by atoms with Crippen molar-refractivity contribution in [3.63, 3.8) is 0 Å². The molecule has 0 saturated carbocycles. The Morgan fingerprint density at radius 1 is 1.11 bits per heavy atom. The maximum atomic E-state index is 13.2. The number of likely N-dealkylation sites (N-methyl/N-ethyl adjacent to an activating group) is 1. The van der Waals surface area contributed by atoms with E-state index in [2.05, 4.69) is 5.32 Å². The van der Waals surface area contributed by atoms with Crippen LogP contribution in [0.25, 0.3) is 0 Å². The lowest BCUT2D eigenvalue weighted by Crippen LogP contribution is -2.47. The Labute approximate surface area is 217 Å². The van der Waals surface area contributed by atoms with Crippen molar-refractivity contribution >= 4 is 50.7 Å². The molecule has 1 N–H and O–H groups in total. The van der Waals surface area contributed by atoms with Crippen LogP contribution in [0, 0.1) is 0 Å². The number of ether oxygens (including phenoxy) is 1. The van der Waals surface area contributed by atoms with E-state index in [-0.39, 0.29) is 42.8 Å². The van der Waals surface area contributed by atoms with E-state index in [9.17, 15) is 18.0 Å². The lowest BCUT2D eigenvalue weighted by atomic mass is 10.1. The van der Waals surface area contributed by atoms with E-state index in [1.807, 2.05) is 6.07 Å². The van der Waals surface area contributed by atoms with Gasteiger partial charge < -0.3 is 15.0 Å². The van der Waals surface area contributed by atoms with E-state index in [1.165, 1.54) is 22.4 Å². The summed E-state index contributed by atoms with van der Waals surface area (Å²) in [7, 11) is -2.17. The van der Waals surface area contributed by atoms with E-state index in [0.29, 0.717) is 28.6 Å². The SMILES string of the molecule is CCNC(=O)[C@H](C)N(Cc1ccccc1Cl)C(=O)CCCN(c1ccc(OC)c(Cl)c1)S(C)(=O)=O. The van der Waals surface area contributed by atoms with Crippen LogP contribution in [0.4, 0.5) is 5.69 Å². The topological polar surface area (TPSA) is 96.0 Å². The molecule has 11 heteroatoms. The van der Waals surface area contributed by atoms with Gasteiger partial charge in [-0.15, -0.1) is 0 Å². The molecule has 2 aromatic carbocycles. The highest BCUT2D eigenvalue weighted by molar-refractivity contribution is 7.92. The first-order chi connectivity index (χ1) is 16.5. The van der Waals surface area contributed by atoms with E-state index >= 15 is 0 Å². The van der Waals surface area contributed by atoms with E-state index < -0.39 is 16.1 Å². The zero-order valence-electron chi connectivity index (χ0n) is 20.3. The smallest absolute Gasteiger partial charge is 0.242 e. The molecule has 2 rings (SSSR count). The highest BCUT2D eigenvalue weighted by Gasteiger charge is 2.27. The third-order valence-electron chi connectivity index (χ3n) is 5.39. The number of carbonyl (C=O) groups excluding carboxylic acids is 2. The van der Waals surface area contributed by atoms with Crippen molar-refractivity contribution in [3.05, 3.63) is 58.1 Å². The number of benzene rings is 2. The van der Waals surface area contributed by atoms with Crippen LogP contribution in [-0.4, -0.2) is 57.6 Å². The van der Waals surface area contributed by atoms with E-state index in [0.717, 1.165) is 6.26 Å². The highest BCUT2D eigenvalue weighted by atomic mass is 35.5. The molecule has 0 aliphatic heterocycles. The number of methoxy groups -OCH3 is 1. The van der Waals surface area contributed by atoms with Gasteiger partial charge in [-0.1, -0.05) is 41.4 Å². The molecule has 0 heterocycles. The molecule has 0 saturated heterocycles. The van der Waals surface area contributed by atoms with Crippen molar-refractivity contribution < 1.29 is 22.7 Å². The number of hydrogen-bond donors (Lipinski definition) is 1. The molecule has 0 radical (unpaired) electrons. The van der Waals surface area contributed by atoms with Gasteiger partial charge in [-0.05, 0) is 50.1 Å². The van der Waals surface area contributed by atoms with Gasteiger partial charge in [0.2, 0.25) is 21.8 Å². The molecule has 2 aromatic rings. The van der Waals surface area contributed by atoms with Gasteiger partial charge in [0.25, 0.3) is 0 Å². The fourth-order valence-corrected chi connectivity index (χ4v) is 4.93. The van der Waals surface area contributed by atoms with Crippen molar-refractivity contribution in [2.75, 3.05) is 30.8 Å². The van der Waals surface area contributed by atoms with Gasteiger partial charge in [0.1, 0.15) is 11.8 Å². The first kappa shape index (κ1) is 28.7. The first-order valence-electron chi connectivity index (χ1n) is 11.1. The van der Waals surface area contributed by atoms with Crippen molar-refractivity contribution in [3.8, 4) is 5.75 Å². The molecule has 1 atom stereocenters. The number of amides is 2. The standard InChI is InChI=1S/C24H31Cl2N3O5S/c1-5-27-24(31)17(2)28(16-18-9-6-7-10-20(18)25)23(30)11-8-14-29(35(4,32)33)19-12-13-22(34-3)21(26)15-19/h6-7,9-10,12-13,15,17H,5,8,11,14,16H2,1-4H3,(H,27,31)/t17-/m0/s1. The Bertz CT molecular complexity index is 1140. The van der Waals surface area contributed by atoms with Crippen LogP contribution < -0.4 is 14.4 Å². The Kier molecular flexibility index (Phi) is 10.7. The average Bonchev–Trinajstić information content (AvgIpc) is 2.80. The minimum Gasteiger partial charge on any atom is -0.495 e. The summed E-state index contributed by atoms with van der Waals surface area (Å²) in [5.41, 5.74) is 1.08. The van der Waals surface area contributed by atoms with Crippen molar-refractivity contribution in [2.45, 2.75) is 39.3 Å². The highest BCUT2D eigenvalue weighted by Crippen LogP contribution is 2.30. The predicted octanol–water partition coefficient (Wildman–Crippen LogP) is 4.10. The second kappa shape index (κ2) is 13.0. The Balaban J connectivity index is 2.19. The van der Waals surface area contributed by atoms with E-state index in [4.69, 9.17) is 27.9 Å². The number of nitrogens with one attached hydrogen (secondary N) is 1. The molecule has 0 aromatic heterocycles. The van der Waals surface area contributed by atoms with Crippen LogP contribution in [-0.2, 0) is 26.2 Å². The maximum absolute atomic E-state index is 13.2. The number of anilines is 1. The lowest BCUT2D eigenvalue weighted by Gasteiger charge is -2.29. The summed E-state index contributed by atoms with van der Waals surface area (Å²) < 4.78 is 31.2. The van der Waals surface area contributed by atoms with Gasteiger partial charge in [-0.3, -0.25) is 13.9 Å². The summed E-state index contributed by atoms with van der Waals surface area (Å²) in [6.45, 7) is 4.10. The molecule has 0 bridgehead atoms. The van der Waals surface area contributed by atoms with Gasteiger partial charge >= 0.3 is 0 Å². The van der Waals surface area contributed by atoms with Crippen LogP contribution in [0.3, 0.4) is 0 Å². The number of carbonyl (C=O) groups is 2. The summed E-state index contributed by atoms with van der Waals surface area (Å²) in [6.07, 6.45) is 1.36. The molecule has 0 aliphatic carbocycles. The normalized spacial score (nSPS) is 12.1. The molecular formula is C24H31Cl2N3O5S. The molecule has 192 valence electrons. The number of hydrogen-bond acceptors (Lipinski definition) is 5. The summed E-state index contributed by atoms with van der Waals surface area (Å²) >= 11 is 12.5. The Hall–Kier alpha value is -2.49. The zero-order chi connectivity index (χ0) is 26.2. The van der Waals surface area contributed by atoms with Crippen LogP contribution in [0.1, 0.15) is 32.3 Å². The van der Waals surface area contributed by atoms with Crippen LogP contribution in [0.5, 0.6) is 5.75 Å². The number of nitrogens with zero attached hydrogens (tertiary/aromatic N) is 2. The molecule has 2 amide bonds. The largest absolute Gasteiger partial charge is 0.495 e. The molecule has 8 nitrogen and oxygen atoms in total. The van der Waals surface area contributed by atoms with Gasteiger partial charge in [0.05, 0.1) is 24.1 Å². The third-order valence-corrected chi connectivity index (χ3v) is 7.25. The molecule has 0 aliphatic rings. The predicted molar refractivity (Wildman–Crippen MR) is 140 cm³/mol. The maximum Gasteiger partial charge on any atom is 0.242 e. The lowest BCUT2D eigenvalue weighted by molar-refractivity contribution is -0.140. The average molecular weight is 545 g/mol. The van der Waals surface area contributed by atoms with Gasteiger partial charge in [-0.2, -0.15) is 0 Å². The van der Waals surface area contributed by atoms with Crippen molar-refractivity contribution in [1.82, 2.24) is 10.2 Å². The fourth-order valence-electron chi connectivity index (χ4n) is 3.53. The van der Waals surface area contributed by atoms with Gasteiger partial charge in [0, 0.05) is 31.1 Å².